The van der Waals surface area contributed by atoms with Gasteiger partial charge in [-0.2, -0.15) is 0 Å². The van der Waals surface area contributed by atoms with Gasteiger partial charge in [0.1, 0.15) is 5.60 Å². The lowest BCUT2D eigenvalue weighted by atomic mass is 10.2. The second kappa shape index (κ2) is 4.61. The van der Waals surface area contributed by atoms with Gasteiger partial charge in [-0.15, -0.1) is 0 Å². The molecule has 0 aliphatic carbocycles. The predicted molar refractivity (Wildman–Crippen MR) is 45.3 cm³/mol. The first-order valence-electron chi connectivity index (χ1n) is 3.75. The van der Waals surface area contributed by atoms with E-state index in [1.807, 2.05) is 0 Å². The van der Waals surface area contributed by atoms with Gasteiger partial charge in [0, 0.05) is 0 Å². The van der Waals surface area contributed by atoms with Crippen LogP contribution in [0.25, 0.3) is 0 Å². The number of hydrogen-bond donors (Lipinski definition) is 2. The predicted octanol–water partition coefficient (Wildman–Crippen LogP) is 0.786. The highest BCUT2D eigenvalue weighted by Crippen LogP contribution is 2.10. The maximum absolute atomic E-state index is 11.1. The third-order valence-corrected chi connectivity index (χ3v) is 0.953. The highest BCUT2D eigenvalue weighted by atomic mass is 17.1. The number of carbonyl (C=O) groups excluding carboxylic acids is 1. The normalized spacial score (nSPS) is 12.1. The Morgan fingerprint density at radius 3 is 2.07 bits per heavy atom. The molecule has 0 fully saturated rings. The number of carboxylic acid groups (broad SMARTS) is 1. The highest BCUT2D eigenvalue weighted by molar-refractivity contribution is 5.94. The Hall–Kier alpha value is -1.56. The minimum atomic E-state index is -1.42. The minimum absolute atomic E-state index is 0.411. The molecule has 0 radical (unpaired) electrons. The molecule has 2 N–H and O–H groups in total. The van der Waals surface area contributed by atoms with Crippen molar-refractivity contribution in [3.8, 4) is 0 Å². The van der Waals surface area contributed by atoms with Gasteiger partial charge < -0.3 is 14.7 Å². The first-order chi connectivity index (χ1) is 6.26. The molecule has 80 valence electrons. The maximum atomic E-state index is 11.1. The van der Waals surface area contributed by atoms with Gasteiger partial charge in [0.15, 0.2) is 0 Å². The van der Waals surface area contributed by atoms with Crippen LogP contribution in [0.4, 0.5) is 0 Å². The van der Waals surface area contributed by atoms with E-state index in [9.17, 15) is 9.59 Å². The zero-order valence-electron chi connectivity index (χ0n) is 8.10. The Kier molecular flexibility index (Phi) is 4.10. The number of carboxylic acids is 1. The Balaban J connectivity index is 4.57. The van der Waals surface area contributed by atoms with Gasteiger partial charge in [0.05, 0.1) is 6.08 Å². The molecule has 0 aromatic rings. The lowest BCUT2D eigenvalue weighted by Gasteiger charge is -2.19. The molecule has 0 amide bonds. The van der Waals surface area contributed by atoms with Crippen LogP contribution < -0.4 is 0 Å². The number of rotatable bonds is 3. The van der Waals surface area contributed by atoms with Crippen LogP contribution in [-0.4, -0.2) is 27.9 Å². The van der Waals surface area contributed by atoms with E-state index in [1.54, 1.807) is 20.8 Å². The number of carbonyl (C=O) groups is 2. The van der Waals surface area contributed by atoms with E-state index < -0.39 is 23.3 Å². The largest absolute Gasteiger partial charge is 0.478 e. The average molecular weight is 204 g/mol. The highest BCUT2D eigenvalue weighted by Gasteiger charge is 2.22. The molecule has 0 heterocycles. The summed E-state index contributed by atoms with van der Waals surface area (Å²) in [6.07, 6.45) is 0.411. The molecule has 0 aromatic carbocycles. The van der Waals surface area contributed by atoms with Crippen LogP contribution in [0.1, 0.15) is 20.8 Å². The van der Waals surface area contributed by atoms with Crippen molar-refractivity contribution in [1.82, 2.24) is 0 Å². The smallest absolute Gasteiger partial charge is 0.378 e. The summed E-state index contributed by atoms with van der Waals surface area (Å²) in [4.78, 5) is 24.8. The quantitative estimate of drug-likeness (QED) is 0.232. The van der Waals surface area contributed by atoms with Crippen LogP contribution in [0.3, 0.4) is 0 Å². The van der Waals surface area contributed by atoms with Gasteiger partial charge in [0.25, 0.3) is 5.76 Å². The van der Waals surface area contributed by atoms with E-state index in [0.717, 1.165) is 0 Å². The van der Waals surface area contributed by atoms with Crippen LogP contribution >= 0.6 is 0 Å². The summed E-state index contributed by atoms with van der Waals surface area (Å²) >= 11 is 0. The molecule has 0 atom stereocenters. The van der Waals surface area contributed by atoms with E-state index in [4.69, 9.17) is 15.1 Å². The molecule has 0 saturated heterocycles. The molecule has 0 rings (SSSR count). The van der Waals surface area contributed by atoms with Gasteiger partial charge in [-0.05, 0) is 20.8 Å². The van der Waals surface area contributed by atoms with Crippen molar-refractivity contribution in [3.63, 3.8) is 0 Å². The monoisotopic (exact) mass is 204 g/mol. The lowest BCUT2D eigenvalue weighted by molar-refractivity contribution is -0.216. The first-order valence-corrected chi connectivity index (χ1v) is 3.75. The molecular weight excluding hydrogens is 192 g/mol. The van der Waals surface area contributed by atoms with Gasteiger partial charge >= 0.3 is 11.9 Å². The molecule has 0 unspecified atom stereocenters. The van der Waals surface area contributed by atoms with Gasteiger partial charge in [-0.3, -0.25) is 0 Å². The standard InChI is InChI=1S/C8H12O6/c1-8(2,3)13-7(11)5(14-12)4-6(9)10/h4,12H,1-3H3,(H,9,10). The molecule has 6 nitrogen and oxygen atoms in total. The van der Waals surface area contributed by atoms with E-state index >= 15 is 0 Å². The van der Waals surface area contributed by atoms with Crippen molar-refractivity contribution in [2.24, 2.45) is 0 Å². The van der Waals surface area contributed by atoms with Crippen molar-refractivity contribution in [1.29, 1.82) is 0 Å². The number of aliphatic carboxylic acids is 1. The van der Waals surface area contributed by atoms with Gasteiger partial charge in [-0.1, -0.05) is 0 Å². The molecule has 0 saturated carbocycles. The Morgan fingerprint density at radius 2 is 1.79 bits per heavy atom. The zero-order chi connectivity index (χ0) is 11.4. The summed E-state index contributed by atoms with van der Waals surface area (Å²) in [6.45, 7) is 4.79. The fourth-order valence-corrected chi connectivity index (χ4v) is 0.563. The minimum Gasteiger partial charge on any atom is -0.478 e. The van der Waals surface area contributed by atoms with Crippen molar-refractivity contribution >= 4 is 11.9 Å². The maximum Gasteiger partial charge on any atom is 0.378 e. The molecule has 0 spiro atoms. The summed E-state index contributed by atoms with van der Waals surface area (Å²) in [5, 5.41) is 16.5. The van der Waals surface area contributed by atoms with Crippen molar-refractivity contribution < 1.29 is 29.6 Å². The molecular formula is C8H12O6. The summed E-state index contributed by atoms with van der Waals surface area (Å²) in [7, 11) is 0. The number of hydrogen-bond acceptors (Lipinski definition) is 5. The summed E-state index contributed by atoms with van der Waals surface area (Å²) < 4.78 is 4.74. The van der Waals surface area contributed by atoms with E-state index in [0.29, 0.717) is 6.08 Å². The van der Waals surface area contributed by atoms with Crippen molar-refractivity contribution in [2.45, 2.75) is 26.4 Å². The van der Waals surface area contributed by atoms with Gasteiger partial charge in [-0.25, -0.2) is 14.8 Å². The van der Waals surface area contributed by atoms with E-state index in [-0.39, 0.29) is 0 Å². The fraction of sp³-hybridized carbons (Fsp3) is 0.500. The van der Waals surface area contributed by atoms with E-state index in [2.05, 4.69) is 4.89 Å². The van der Waals surface area contributed by atoms with Crippen molar-refractivity contribution in [3.05, 3.63) is 11.8 Å². The SMILES string of the molecule is CC(C)(C)OC(=O)C(=CC(=O)O)OO. The molecule has 6 heteroatoms. The molecule has 0 bridgehead atoms. The van der Waals surface area contributed by atoms with Crippen molar-refractivity contribution in [2.75, 3.05) is 0 Å². The zero-order valence-corrected chi connectivity index (χ0v) is 8.10. The summed E-state index contributed by atoms with van der Waals surface area (Å²) in [5.41, 5.74) is -0.785. The Morgan fingerprint density at radius 1 is 1.29 bits per heavy atom. The third-order valence-electron chi connectivity index (χ3n) is 0.953. The molecule has 0 aliphatic heterocycles. The Labute approximate surface area is 80.7 Å². The lowest BCUT2D eigenvalue weighted by Crippen LogP contribution is -2.25. The molecule has 0 aromatic heterocycles. The Bertz CT molecular complexity index is 259. The van der Waals surface area contributed by atoms with Crippen LogP contribution in [0.15, 0.2) is 11.8 Å². The van der Waals surface area contributed by atoms with Crippen LogP contribution in [-0.2, 0) is 19.2 Å². The number of esters is 1. The molecule has 0 aliphatic rings. The van der Waals surface area contributed by atoms with Gasteiger partial charge in [0.2, 0.25) is 0 Å². The van der Waals surface area contributed by atoms with Crippen LogP contribution in [0.5, 0.6) is 0 Å². The average Bonchev–Trinajstić information content (AvgIpc) is 1.96. The first kappa shape index (κ1) is 12.4. The topological polar surface area (TPSA) is 93.1 Å². The summed E-state index contributed by atoms with van der Waals surface area (Å²) in [6, 6.07) is 0. The molecule has 14 heavy (non-hydrogen) atoms. The second-order valence-electron chi connectivity index (χ2n) is 3.44. The second-order valence-corrected chi connectivity index (χ2v) is 3.44. The third kappa shape index (κ3) is 5.15. The summed E-state index contributed by atoms with van der Waals surface area (Å²) in [5.74, 6) is -3.23. The number of ether oxygens (including phenoxy) is 1. The van der Waals surface area contributed by atoms with E-state index in [1.165, 1.54) is 0 Å². The van der Waals surface area contributed by atoms with Crippen LogP contribution in [0.2, 0.25) is 0 Å². The fourth-order valence-electron chi connectivity index (χ4n) is 0.563. The van der Waals surface area contributed by atoms with Crippen LogP contribution in [0, 0.1) is 0 Å².